The number of carbonyl (C=O) groups is 1. The molecule has 0 aromatic carbocycles. The van der Waals surface area contributed by atoms with Crippen LogP contribution in [0.4, 0.5) is 0 Å². The number of hydrogen-bond donors (Lipinski definition) is 0. The van der Waals surface area contributed by atoms with Crippen molar-refractivity contribution in [3.05, 3.63) is 0 Å². The van der Waals surface area contributed by atoms with Crippen LogP contribution in [-0.2, 0) is 4.79 Å². The van der Waals surface area contributed by atoms with Crippen molar-refractivity contribution in [3.63, 3.8) is 0 Å². The second kappa shape index (κ2) is 4.04. The van der Waals surface area contributed by atoms with Gasteiger partial charge in [-0.3, -0.25) is 4.99 Å². The molecule has 0 aliphatic carbocycles. The van der Waals surface area contributed by atoms with Crippen molar-refractivity contribution in [2.24, 2.45) is 4.99 Å². The first-order chi connectivity index (χ1) is 3.80. The van der Waals surface area contributed by atoms with Gasteiger partial charge in [-0.15, -0.1) is 0 Å². The first-order valence-corrected chi connectivity index (χ1v) is 2.55. The standard InChI is InChI=1S/C5H7NO2.Na/c7-5(8)4-2-1-3-6-4;/h1-3H2,(H,7,8);/q;+1/p-1. The van der Waals surface area contributed by atoms with Crippen LogP contribution in [0.25, 0.3) is 0 Å². The van der Waals surface area contributed by atoms with Gasteiger partial charge in [0.2, 0.25) is 0 Å². The minimum absolute atomic E-state index is 0. The predicted molar refractivity (Wildman–Crippen MR) is 26.5 cm³/mol. The first kappa shape index (κ1) is 9.14. The summed E-state index contributed by atoms with van der Waals surface area (Å²) in [6, 6.07) is 0. The molecule has 0 atom stereocenters. The van der Waals surface area contributed by atoms with Gasteiger partial charge in [0.15, 0.2) is 0 Å². The maximum Gasteiger partial charge on any atom is 1.00 e. The van der Waals surface area contributed by atoms with Crippen molar-refractivity contribution < 1.29 is 39.5 Å². The molecule has 9 heavy (non-hydrogen) atoms. The van der Waals surface area contributed by atoms with Gasteiger partial charge in [-0.2, -0.15) is 0 Å². The Hall–Kier alpha value is 0.140. The van der Waals surface area contributed by atoms with Gasteiger partial charge in [0.05, 0.1) is 11.7 Å². The molecule has 1 rings (SSSR count). The molecule has 3 nitrogen and oxygen atoms in total. The molecule has 44 valence electrons. The van der Waals surface area contributed by atoms with Crippen LogP contribution < -0.4 is 34.7 Å². The van der Waals surface area contributed by atoms with E-state index < -0.39 is 5.97 Å². The van der Waals surface area contributed by atoms with E-state index in [4.69, 9.17) is 0 Å². The molecule has 0 spiro atoms. The fraction of sp³-hybridized carbons (Fsp3) is 0.600. The van der Waals surface area contributed by atoms with Crippen molar-refractivity contribution >= 4 is 11.7 Å². The molecule has 0 aromatic heterocycles. The summed E-state index contributed by atoms with van der Waals surface area (Å²) in [6.45, 7) is 0.656. The molecule has 0 unspecified atom stereocenters. The van der Waals surface area contributed by atoms with Crippen LogP contribution >= 0.6 is 0 Å². The second-order valence-corrected chi connectivity index (χ2v) is 1.72. The van der Waals surface area contributed by atoms with Crippen molar-refractivity contribution in [2.75, 3.05) is 6.54 Å². The average molecular weight is 135 g/mol. The zero-order chi connectivity index (χ0) is 5.98. The SMILES string of the molecule is O=C([O-])C1=NCCC1.[Na+]. The maximum atomic E-state index is 9.96. The number of aliphatic imine (C=N–C) groups is 1. The quantitative estimate of drug-likeness (QED) is 0.344. The number of carboxylic acid groups (broad SMARTS) is 1. The molecule has 0 fully saturated rings. The molecule has 0 radical (unpaired) electrons. The topological polar surface area (TPSA) is 52.5 Å². The van der Waals surface area contributed by atoms with E-state index in [9.17, 15) is 9.90 Å². The van der Waals surface area contributed by atoms with E-state index in [0.29, 0.717) is 13.0 Å². The van der Waals surface area contributed by atoms with Crippen molar-refractivity contribution in [1.82, 2.24) is 0 Å². The molecular weight excluding hydrogens is 129 g/mol. The normalized spacial score (nSPS) is 16.2. The van der Waals surface area contributed by atoms with E-state index in [1.807, 2.05) is 0 Å². The Morgan fingerprint density at radius 3 is 2.56 bits per heavy atom. The summed E-state index contributed by atoms with van der Waals surface area (Å²) >= 11 is 0. The van der Waals surface area contributed by atoms with Gasteiger partial charge >= 0.3 is 29.6 Å². The fourth-order valence-electron chi connectivity index (χ4n) is 0.706. The van der Waals surface area contributed by atoms with E-state index in [1.165, 1.54) is 0 Å². The van der Waals surface area contributed by atoms with Crippen LogP contribution in [0.3, 0.4) is 0 Å². The Morgan fingerprint density at radius 1 is 1.67 bits per heavy atom. The van der Waals surface area contributed by atoms with Gasteiger partial charge in [0, 0.05) is 6.54 Å². The summed E-state index contributed by atoms with van der Waals surface area (Å²) in [4.78, 5) is 13.6. The van der Waals surface area contributed by atoms with Crippen molar-refractivity contribution in [1.29, 1.82) is 0 Å². The molecule has 0 amide bonds. The minimum atomic E-state index is -1.11. The van der Waals surface area contributed by atoms with Gasteiger partial charge in [0.1, 0.15) is 0 Å². The van der Waals surface area contributed by atoms with E-state index in [1.54, 1.807) is 0 Å². The minimum Gasteiger partial charge on any atom is -0.544 e. The summed E-state index contributed by atoms with van der Waals surface area (Å²) in [7, 11) is 0. The van der Waals surface area contributed by atoms with E-state index in [-0.39, 0.29) is 35.3 Å². The number of aliphatic carboxylic acids is 1. The molecule has 0 aromatic rings. The average Bonchev–Trinajstić information content (AvgIpc) is 2.12. The molecular formula is C5H6NNaO2. The second-order valence-electron chi connectivity index (χ2n) is 1.72. The van der Waals surface area contributed by atoms with Gasteiger partial charge in [-0.1, -0.05) is 0 Å². The van der Waals surface area contributed by atoms with Crippen LogP contribution in [0.5, 0.6) is 0 Å². The number of carbonyl (C=O) groups excluding carboxylic acids is 1. The molecule has 1 heterocycles. The summed E-state index contributed by atoms with van der Waals surface area (Å²) in [6.07, 6.45) is 1.45. The van der Waals surface area contributed by atoms with Gasteiger partial charge in [-0.25, -0.2) is 0 Å². The predicted octanol–water partition coefficient (Wildman–Crippen LogP) is -4.02. The zero-order valence-electron chi connectivity index (χ0n) is 5.39. The molecule has 1 aliphatic heterocycles. The third-order valence-electron chi connectivity index (χ3n) is 1.11. The van der Waals surface area contributed by atoms with Crippen LogP contribution in [-0.4, -0.2) is 18.2 Å². The Kier molecular flexibility index (Phi) is 4.10. The molecule has 1 aliphatic rings. The molecule has 0 bridgehead atoms. The Labute approximate surface area is 75.5 Å². The van der Waals surface area contributed by atoms with Gasteiger partial charge in [-0.05, 0) is 12.8 Å². The van der Waals surface area contributed by atoms with E-state index >= 15 is 0 Å². The molecule has 4 heteroatoms. The Morgan fingerprint density at radius 2 is 2.33 bits per heavy atom. The third-order valence-corrected chi connectivity index (χ3v) is 1.11. The first-order valence-electron chi connectivity index (χ1n) is 2.55. The maximum absolute atomic E-state index is 9.96. The van der Waals surface area contributed by atoms with Crippen molar-refractivity contribution in [3.8, 4) is 0 Å². The number of nitrogens with zero attached hydrogens (tertiary/aromatic N) is 1. The Balaban J connectivity index is 0.000000640. The number of hydrogen-bond acceptors (Lipinski definition) is 3. The largest absolute Gasteiger partial charge is 1.00 e. The molecule has 0 saturated heterocycles. The van der Waals surface area contributed by atoms with Crippen LogP contribution in [0.1, 0.15) is 12.8 Å². The summed E-state index contributed by atoms with van der Waals surface area (Å²) in [5.74, 6) is -1.11. The molecule has 0 N–H and O–H groups in total. The fourth-order valence-corrected chi connectivity index (χ4v) is 0.706. The summed E-state index contributed by atoms with van der Waals surface area (Å²) < 4.78 is 0. The summed E-state index contributed by atoms with van der Waals surface area (Å²) in [5, 5.41) is 9.96. The van der Waals surface area contributed by atoms with E-state index in [0.717, 1.165) is 6.42 Å². The van der Waals surface area contributed by atoms with E-state index in [2.05, 4.69) is 4.99 Å². The Bertz CT molecular complexity index is 144. The number of carboxylic acids is 1. The monoisotopic (exact) mass is 135 g/mol. The summed E-state index contributed by atoms with van der Waals surface area (Å²) in [5.41, 5.74) is 0.227. The van der Waals surface area contributed by atoms with Crippen LogP contribution in [0.2, 0.25) is 0 Å². The van der Waals surface area contributed by atoms with Gasteiger partial charge in [0.25, 0.3) is 0 Å². The smallest absolute Gasteiger partial charge is 0.544 e. The zero-order valence-corrected chi connectivity index (χ0v) is 7.39. The van der Waals surface area contributed by atoms with Crippen LogP contribution in [0.15, 0.2) is 4.99 Å². The third kappa shape index (κ3) is 2.47. The number of rotatable bonds is 1. The van der Waals surface area contributed by atoms with Crippen molar-refractivity contribution in [2.45, 2.75) is 12.8 Å². The van der Waals surface area contributed by atoms with Gasteiger partial charge < -0.3 is 9.90 Å². The van der Waals surface area contributed by atoms with Crippen LogP contribution in [0, 0.1) is 0 Å². The molecule has 0 saturated carbocycles.